The third kappa shape index (κ3) is 6.70. The number of hydrogen-bond acceptors (Lipinski definition) is 3. The fourth-order valence-electron chi connectivity index (χ4n) is 2.28. The molecule has 2 rings (SSSR count). The Kier molecular flexibility index (Phi) is 8.47. The van der Waals surface area contributed by atoms with E-state index in [1.54, 1.807) is 24.3 Å². The maximum atomic E-state index is 12.7. The van der Waals surface area contributed by atoms with E-state index in [-0.39, 0.29) is 42.8 Å². The Morgan fingerprint density at radius 1 is 1.11 bits per heavy atom. The van der Waals surface area contributed by atoms with Crippen molar-refractivity contribution >= 4 is 35.6 Å². The highest BCUT2D eigenvalue weighted by Gasteiger charge is 2.30. The van der Waals surface area contributed by atoms with Gasteiger partial charge in [-0.15, -0.1) is 24.0 Å². The molecule has 0 heterocycles. The lowest BCUT2D eigenvalue weighted by Crippen LogP contribution is -2.36. The highest BCUT2D eigenvalue weighted by molar-refractivity contribution is 14.0. The zero-order valence-electron chi connectivity index (χ0n) is 14.3. The molecule has 0 aliphatic rings. The smallest absolute Gasteiger partial charge is 0.352 e. The SMILES string of the molecule is CN=C(NCc1cccc(C(F)(F)F)c1)NCc1ccccc1[N+](=O)[O-].I. The van der Waals surface area contributed by atoms with Crippen molar-refractivity contribution in [2.75, 3.05) is 7.05 Å². The van der Waals surface area contributed by atoms with Gasteiger partial charge in [-0.25, -0.2) is 0 Å². The summed E-state index contributed by atoms with van der Waals surface area (Å²) in [5.74, 6) is 0.320. The second-order valence-corrected chi connectivity index (χ2v) is 5.36. The van der Waals surface area contributed by atoms with E-state index >= 15 is 0 Å². The molecule has 0 aliphatic heterocycles. The molecule has 6 nitrogen and oxygen atoms in total. The van der Waals surface area contributed by atoms with Crippen LogP contribution in [0.5, 0.6) is 0 Å². The number of para-hydroxylation sites is 1. The topological polar surface area (TPSA) is 79.6 Å². The van der Waals surface area contributed by atoms with Crippen molar-refractivity contribution in [2.24, 2.45) is 4.99 Å². The summed E-state index contributed by atoms with van der Waals surface area (Å²) in [6.45, 7) is 0.278. The highest BCUT2D eigenvalue weighted by atomic mass is 127. The lowest BCUT2D eigenvalue weighted by Gasteiger charge is -2.13. The Morgan fingerprint density at radius 2 is 1.78 bits per heavy atom. The Morgan fingerprint density at radius 3 is 2.41 bits per heavy atom. The summed E-state index contributed by atoms with van der Waals surface area (Å²) >= 11 is 0. The number of hydrogen-bond donors (Lipinski definition) is 2. The number of benzene rings is 2. The zero-order chi connectivity index (χ0) is 19.2. The number of guanidine groups is 1. The van der Waals surface area contributed by atoms with Crippen LogP contribution in [0.4, 0.5) is 18.9 Å². The molecule has 0 atom stereocenters. The molecule has 146 valence electrons. The second-order valence-electron chi connectivity index (χ2n) is 5.36. The fourth-order valence-corrected chi connectivity index (χ4v) is 2.28. The molecule has 0 radical (unpaired) electrons. The fraction of sp³-hybridized carbons (Fsp3) is 0.235. The van der Waals surface area contributed by atoms with Gasteiger partial charge in [0.25, 0.3) is 5.69 Å². The van der Waals surface area contributed by atoms with Crippen LogP contribution in [0.25, 0.3) is 0 Å². The molecule has 2 aromatic rings. The van der Waals surface area contributed by atoms with Crippen molar-refractivity contribution in [1.29, 1.82) is 0 Å². The van der Waals surface area contributed by atoms with Crippen LogP contribution in [0.15, 0.2) is 53.5 Å². The number of halogens is 4. The molecule has 0 fully saturated rings. The zero-order valence-corrected chi connectivity index (χ0v) is 16.6. The summed E-state index contributed by atoms with van der Waals surface area (Å²) in [7, 11) is 1.50. The van der Waals surface area contributed by atoms with E-state index < -0.39 is 16.7 Å². The Hall–Kier alpha value is -2.37. The van der Waals surface area contributed by atoms with E-state index in [9.17, 15) is 23.3 Å². The molecule has 2 aromatic carbocycles. The predicted molar refractivity (Wildman–Crippen MR) is 107 cm³/mol. The first-order valence-corrected chi connectivity index (χ1v) is 7.64. The van der Waals surface area contributed by atoms with Gasteiger partial charge in [-0.1, -0.05) is 30.3 Å². The molecule has 0 spiro atoms. The quantitative estimate of drug-likeness (QED) is 0.216. The van der Waals surface area contributed by atoms with Gasteiger partial charge in [0, 0.05) is 31.8 Å². The van der Waals surface area contributed by atoms with E-state index in [0.29, 0.717) is 17.1 Å². The van der Waals surface area contributed by atoms with Crippen molar-refractivity contribution in [2.45, 2.75) is 19.3 Å². The van der Waals surface area contributed by atoms with Crippen molar-refractivity contribution in [3.05, 3.63) is 75.3 Å². The lowest BCUT2D eigenvalue weighted by molar-refractivity contribution is -0.385. The van der Waals surface area contributed by atoms with Gasteiger partial charge in [-0.2, -0.15) is 13.2 Å². The average Bonchev–Trinajstić information content (AvgIpc) is 2.61. The highest BCUT2D eigenvalue weighted by Crippen LogP contribution is 2.29. The van der Waals surface area contributed by atoms with E-state index in [4.69, 9.17) is 0 Å². The van der Waals surface area contributed by atoms with E-state index in [0.717, 1.165) is 12.1 Å². The van der Waals surface area contributed by atoms with Crippen LogP contribution >= 0.6 is 24.0 Å². The predicted octanol–water partition coefficient (Wildman–Crippen LogP) is 4.10. The number of aliphatic imine (C=N–C) groups is 1. The van der Waals surface area contributed by atoms with Gasteiger partial charge in [0.2, 0.25) is 0 Å². The molecule has 0 saturated heterocycles. The molecule has 0 aliphatic carbocycles. The summed E-state index contributed by atoms with van der Waals surface area (Å²) in [5.41, 5.74) is 0.168. The number of nitrogens with zero attached hydrogens (tertiary/aromatic N) is 2. The normalized spacial score (nSPS) is 11.5. The minimum absolute atomic E-state index is 0. The van der Waals surface area contributed by atoms with Gasteiger partial charge in [0.05, 0.1) is 10.5 Å². The molecular weight excluding hydrogens is 476 g/mol. The number of alkyl halides is 3. The van der Waals surface area contributed by atoms with Crippen molar-refractivity contribution < 1.29 is 18.1 Å². The van der Waals surface area contributed by atoms with Gasteiger partial charge in [-0.3, -0.25) is 15.1 Å². The summed E-state index contributed by atoms with van der Waals surface area (Å²) in [6.07, 6.45) is -4.40. The van der Waals surface area contributed by atoms with Gasteiger partial charge in [-0.05, 0) is 17.7 Å². The van der Waals surface area contributed by atoms with Crippen LogP contribution in [0, 0.1) is 10.1 Å². The minimum atomic E-state index is -4.40. The third-order valence-corrected chi connectivity index (χ3v) is 3.57. The first-order valence-electron chi connectivity index (χ1n) is 7.64. The van der Waals surface area contributed by atoms with Crippen LogP contribution in [0.1, 0.15) is 16.7 Å². The van der Waals surface area contributed by atoms with Crippen LogP contribution in [-0.2, 0) is 19.3 Å². The van der Waals surface area contributed by atoms with Crippen molar-refractivity contribution in [3.8, 4) is 0 Å². The van der Waals surface area contributed by atoms with Crippen LogP contribution in [-0.4, -0.2) is 17.9 Å². The van der Waals surface area contributed by atoms with Gasteiger partial charge >= 0.3 is 6.18 Å². The Balaban J connectivity index is 0.00000364. The molecule has 2 N–H and O–H groups in total. The maximum Gasteiger partial charge on any atom is 0.416 e. The van der Waals surface area contributed by atoms with E-state index in [2.05, 4.69) is 15.6 Å². The molecule has 0 saturated carbocycles. The molecule has 27 heavy (non-hydrogen) atoms. The van der Waals surface area contributed by atoms with Gasteiger partial charge in [0.15, 0.2) is 5.96 Å². The average molecular weight is 494 g/mol. The Labute approximate surface area is 171 Å². The number of nitro groups is 1. The molecule has 0 bridgehead atoms. The van der Waals surface area contributed by atoms with E-state index in [1.165, 1.54) is 19.2 Å². The number of rotatable bonds is 5. The van der Waals surface area contributed by atoms with Crippen molar-refractivity contribution in [1.82, 2.24) is 10.6 Å². The standard InChI is InChI=1S/C17H17F3N4O2.HI/c1-21-16(23-11-13-6-2-3-8-15(13)24(25)26)22-10-12-5-4-7-14(9-12)17(18,19)20;/h2-9H,10-11H2,1H3,(H2,21,22,23);1H. The summed E-state index contributed by atoms with van der Waals surface area (Å²) < 4.78 is 38.2. The summed E-state index contributed by atoms with van der Waals surface area (Å²) in [4.78, 5) is 14.5. The largest absolute Gasteiger partial charge is 0.416 e. The monoisotopic (exact) mass is 494 g/mol. The van der Waals surface area contributed by atoms with Gasteiger partial charge < -0.3 is 10.6 Å². The molecule has 0 unspecified atom stereocenters. The van der Waals surface area contributed by atoms with Crippen molar-refractivity contribution in [3.63, 3.8) is 0 Å². The second kappa shape index (κ2) is 10.1. The number of nitro benzene ring substituents is 1. The first-order chi connectivity index (χ1) is 12.3. The maximum absolute atomic E-state index is 12.7. The number of nitrogens with one attached hydrogen (secondary N) is 2. The summed E-state index contributed by atoms with van der Waals surface area (Å²) in [6, 6.07) is 11.2. The van der Waals surface area contributed by atoms with E-state index in [1.807, 2.05) is 0 Å². The first kappa shape index (κ1) is 22.7. The van der Waals surface area contributed by atoms with Crippen LogP contribution < -0.4 is 10.6 Å². The minimum Gasteiger partial charge on any atom is -0.352 e. The Bertz CT molecular complexity index is 813. The molecule has 0 amide bonds. The molecular formula is C17H18F3IN4O2. The molecule has 0 aromatic heterocycles. The molecule has 10 heteroatoms. The van der Waals surface area contributed by atoms with Gasteiger partial charge in [0.1, 0.15) is 0 Å². The summed E-state index contributed by atoms with van der Waals surface area (Å²) in [5, 5.41) is 16.8. The van der Waals surface area contributed by atoms with Crippen LogP contribution in [0.3, 0.4) is 0 Å². The third-order valence-electron chi connectivity index (χ3n) is 3.57. The van der Waals surface area contributed by atoms with Crippen LogP contribution in [0.2, 0.25) is 0 Å². The lowest BCUT2D eigenvalue weighted by atomic mass is 10.1.